The van der Waals surface area contributed by atoms with Crippen LogP contribution in [0, 0.1) is 5.41 Å². The molecule has 0 saturated heterocycles. The molecule has 2 atom stereocenters. The number of hydrogen-bond acceptors (Lipinski definition) is 4. The molecule has 4 rings (SSSR count). The molecule has 2 aliphatic rings. The fraction of sp³-hybridized carbons (Fsp3) is 0.526. The molecule has 2 aromatic rings. The van der Waals surface area contributed by atoms with Gasteiger partial charge in [0.05, 0.1) is 6.10 Å². The zero-order chi connectivity index (χ0) is 17.4. The third-order valence-corrected chi connectivity index (χ3v) is 5.85. The molecule has 2 aromatic heterocycles. The van der Waals surface area contributed by atoms with Crippen LogP contribution in [-0.2, 0) is 4.74 Å². The first kappa shape index (κ1) is 16.3. The number of carbonyl (C=O) groups is 1. The first-order valence-electron chi connectivity index (χ1n) is 9.04. The normalized spacial score (nSPS) is 24.4. The lowest BCUT2D eigenvalue weighted by molar-refractivity contribution is -0.127. The number of ether oxygens (including phenoxy) is 1. The van der Waals surface area contributed by atoms with E-state index in [1.165, 1.54) is 23.4 Å². The summed E-state index contributed by atoms with van der Waals surface area (Å²) in [5.41, 5.74) is 0.351. The molecule has 2 unspecified atom stereocenters. The Morgan fingerprint density at radius 3 is 2.96 bits per heavy atom. The summed E-state index contributed by atoms with van der Waals surface area (Å²) in [6, 6.07) is 5.39. The van der Waals surface area contributed by atoms with Crippen LogP contribution in [0.4, 0.5) is 0 Å². The Morgan fingerprint density at radius 2 is 2.20 bits per heavy atom. The summed E-state index contributed by atoms with van der Waals surface area (Å²) in [4.78, 5) is 29.5. The highest BCUT2D eigenvalue weighted by atomic mass is 16.5. The zero-order valence-corrected chi connectivity index (χ0v) is 14.4. The van der Waals surface area contributed by atoms with E-state index in [1.54, 1.807) is 18.3 Å². The van der Waals surface area contributed by atoms with Gasteiger partial charge in [-0.05, 0) is 38.3 Å². The van der Waals surface area contributed by atoms with Crippen LogP contribution in [0.1, 0.15) is 49.4 Å². The van der Waals surface area contributed by atoms with E-state index in [2.05, 4.69) is 10.3 Å². The van der Waals surface area contributed by atoms with Gasteiger partial charge in [-0.15, -0.1) is 0 Å². The highest BCUT2D eigenvalue weighted by Gasteiger charge is 2.57. The third-order valence-electron chi connectivity index (χ3n) is 5.85. The summed E-state index contributed by atoms with van der Waals surface area (Å²) in [6.07, 6.45) is 8.58. The molecule has 1 amide bonds. The van der Waals surface area contributed by atoms with E-state index in [9.17, 15) is 9.59 Å². The molecule has 2 heterocycles. The molecule has 1 N–H and O–H groups in total. The molecule has 0 aliphatic heterocycles. The number of carbonyl (C=O) groups excluding carboxylic acids is 1. The lowest BCUT2D eigenvalue weighted by Crippen LogP contribution is -2.64. The lowest BCUT2D eigenvalue weighted by Gasteiger charge is -2.54. The van der Waals surface area contributed by atoms with Gasteiger partial charge in [0.1, 0.15) is 11.2 Å². The maximum Gasteiger partial charge on any atom is 0.270 e. The third kappa shape index (κ3) is 2.56. The number of nitrogens with zero attached hydrogens (tertiary/aromatic N) is 2. The molecule has 0 radical (unpaired) electrons. The molecule has 6 heteroatoms. The monoisotopic (exact) mass is 341 g/mol. The summed E-state index contributed by atoms with van der Waals surface area (Å²) in [5, 5.41) is 3.09. The van der Waals surface area contributed by atoms with E-state index in [0.29, 0.717) is 12.3 Å². The molecular formula is C19H23N3O3. The van der Waals surface area contributed by atoms with E-state index in [0.717, 1.165) is 19.3 Å². The van der Waals surface area contributed by atoms with E-state index in [1.807, 2.05) is 13.0 Å². The summed E-state index contributed by atoms with van der Waals surface area (Å²) in [7, 11) is 0. The molecule has 2 saturated carbocycles. The van der Waals surface area contributed by atoms with E-state index < -0.39 is 0 Å². The van der Waals surface area contributed by atoms with Gasteiger partial charge in [-0.1, -0.05) is 18.9 Å². The predicted molar refractivity (Wildman–Crippen MR) is 93.6 cm³/mol. The number of amides is 1. The molecule has 0 aromatic carbocycles. The number of aromatic nitrogens is 2. The number of rotatable bonds is 4. The van der Waals surface area contributed by atoms with Crippen LogP contribution in [0.3, 0.4) is 0 Å². The second-order valence-corrected chi connectivity index (χ2v) is 7.05. The van der Waals surface area contributed by atoms with E-state index in [-0.39, 0.29) is 34.6 Å². The average molecular weight is 341 g/mol. The molecule has 25 heavy (non-hydrogen) atoms. The Bertz CT molecular complexity index is 854. The van der Waals surface area contributed by atoms with Crippen LogP contribution in [-0.4, -0.2) is 34.0 Å². The Balaban J connectivity index is 1.57. The van der Waals surface area contributed by atoms with Crippen molar-refractivity contribution >= 4 is 11.6 Å². The minimum atomic E-state index is -0.332. The summed E-state index contributed by atoms with van der Waals surface area (Å²) in [5.74, 6) is -0.332. The predicted octanol–water partition coefficient (Wildman–Crippen LogP) is 2.16. The van der Waals surface area contributed by atoms with Gasteiger partial charge in [-0.2, -0.15) is 0 Å². The number of hydrogen-bond donors (Lipinski definition) is 1. The van der Waals surface area contributed by atoms with Gasteiger partial charge in [0, 0.05) is 30.5 Å². The number of nitrogens with one attached hydrogen (secondary N) is 1. The van der Waals surface area contributed by atoms with Crippen molar-refractivity contribution in [2.24, 2.45) is 5.41 Å². The van der Waals surface area contributed by atoms with Crippen molar-refractivity contribution in [3.05, 3.63) is 46.5 Å². The van der Waals surface area contributed by atoms with Gasteiger partial charge in [-0.3, -0.25) is 14.0 Å². The van der Waals surface area contributed by atoms with Gasteiger partial charge in [0.15, 0.2) is 0 Å². The first-order chi connectivity index (χ1) is 12.2. The van der Waals surface area contributed by atoms with Crippen LogP contribution in [0.15, 0.2) is 35.4 Å². The van der Waals surface area contributed by atoms with Gasteiger partial charge >= 0.3 is 0 Å². The molecule has 0 bridgehead atoms. The number of fused-ring (bicyclic) bond motifs is 1. The van der Waals surface area contributed by atoms with E-state index in [4.69, 9.17) is 4.74 Å². The van der Waals surface area contributed by atoms with Crippen molar-refractivity contribution in [2.75, 3.05) is 6.61 Å². The summed E-state index contributed by atoms with van der Waals surface area (Å²) < 4.78 is 7.29. The maximum atomic E-state index is 12.7. The van der Waals surface area contributed by atoms with Crippen LogP contribution in [0.25, 0.3) is 5.65 Å². The zero-order valence-electron chi connectivity index (χ0n) is 14.4. The maximum absolute atomic E-state index is 12.7. The van der Waals surface area contributed by atoms with Crippen LogP contribution >= 0.6 is 0 Å². The largest absolute Gasteiger partial charge is 0.378 e. The molecule has 2 aliphatic carbocycles. The Kier molecular flexibility index (Phi) is 4.07. The van der Waals surface area contributed by atoms with Crippen molar-refractivity contribution < 1.29 is 9.53 Å². The summed E-state index contributed by atoms with van der Waals surface area (Å²) in [6.45, 7) is 2.71. The quantitative estimate of drug-likeness (QED) is 0.925. The van der Waals surface area contributed by atoms with Crippen LogP contribution in [0.2, 0.25) is 0 Å². The SMILES string of the molecule is CCOC1CC(NC(=O)c2cnc3ccccn3c2=O)C12CCCC2. The van der Waals surface area contributed by atoms with Gasteiger partial charge in [0.2, 0.25) is 0 Å². The Morgan fingerprint density at radius 1 is 1.40 bits per heavy atom. The Hall–Kier alpha value is -2.21. The smallest absolute Gasteiger partial charge is 0.270 e. The molecule has 1 spiro atoms. The fourth-order valence-corrected chi connectivity index (χ4v) is 4.51. The topological polar surface area (TPSA) is 72.7 Å². The van der Waals surface area contributed by atoms with Crippen molar-refractivity contribution in [1.29, 1.82) is 0 Å². The lowest BCUT2D eigenvalue weighted by atomic mass is 9.60. The Labute approximate surface area is 146 Å². The second-order valence-electron chi connectivity index (χ2n) is 7.05. The van der Waals surface area contributed by atoms with Crippen molar-refractivity contribution in [3.8, 4) is 0 Å². The van der Waals surface area contributed by atoms with Gasteiger partial charge < -0.3 is 10.1 Å². The summed E-state index contributed by atoms with van der Waals surface area (Å²) >= 11 is 0. The van der Waals surface area contributed by atoms with Crippen molar-refractivity contribution in [1.82, 2.24) is 14.7 Å². The molecule has 6 nitrogen and oxygen atoms in total. The average Bonchev–Trinajstić information content (AvgIpc) is 3.14. The number of pyridine rings is 1. The van der Waals surface area contributed by atoms with Gasteiger partial charge in [0.25, 0.3) is 11.5 Å². The molecular weight excluding hydrogens is 318 g/mol. The van der Waals surface area contributed by atoms with Crippen LogP contribution < -0.4 is 10.9 Å². The van der Waals surface area contributed by atoms with Crippen molar-refractivity contribution in [2.45, 2.75) is 51.2 Å². The van der Waals surface area contributed by atoms with E-state index >= 15 is 0 Å². The van der Waals surface area contributed by atoms with Crippen molar-refractivity contribution in [3.63, 3.8) is 0 Å². The minimum Gasteiger partial charge on any atom is -0.378 e. The molecule has 132 valence electrons. The highest BCUT2D eigenvalue weighted by Crippen LogP contribution is 2.54. The fourth-order valence-electron chi connectivity index (χ4n) is 4.51. The van der Waals surface area contributed by atoms with Gasteiger partial charge in [-0.25, -0.2) is 4.98 Å². The minimum absolute atomic E-state index is 0.0478. The highest BCUT2D eigenvalue weighted by molar-refractivity contribution is 5.94. The van der Waals surface area contributed by atoms with Crippen LogP contribution in [0.5, 0.6) is 0 Å². The molecule has 2 fully saturated rings. The standard InChI is InChI=1S/C19H23N3O3/c1-2-25-15-11-14(19(15)8-4-5-9-19)21-17(23)13-12-20-16-7-3-6-10-22(16)18(13)24/h3,6-7,10,12,14-15H,2,4-5,8-9,11H2,1H3,(H,21,23). The first-order valence-corrected chi connectivity index (χ1v) is 9.04. The second kappa shape index (κ2) is 6.26.